The molecule has 1 saturated carbocycles. The van der Waals surface area contributed by atoms with Crippen LogP contribution in [0.4, 0.5) is 10.2 Å². The Morgan fingerprint density at radius 3 is 2.80 bits per heavy atom. The minimum absolute atomic E-state index is 0.294. The third kappa shape index (κ3) is 2.45. The van der Waals surface area contributed by atoms with Gasteiger partial charge in [-0.15, -0.1) is 0 Å². The van der Waals surface area contributed by atoms with Crippen LogP contribution in [-0.2, 0) is 0 Å². The van der Waals surface area contributed by atoms with E-state index in [1.165, 1.54) is 12.3 Å². The van der Waals surface area contributed by atoms with Gasteiger partial charge >= 0.3 is 0 Å². The van der Waals surface area contributed by atoms with Crippen molar-refractivity contribution in [2.75, 3.05) is 18.5 Å². The van der Waals surface area contributed by atoms with E-state index in [4.69, 9.17) is 5.73 Å². The Morgan fingerprint density at radius 1 is 1.53 bits per heavy atom. The van der Waals surface area contributed by atoms with Gasteiger partial charge in [-0.3, -0.25) is 0 Å². The Hall–Kier alpha value is -1.16. The largest absolute Gasteiger partial charge is 0.359 e. The second-order valence-corrected chi connectivity index (χ2v) is 4.31. The first kappa shape index (κ1) is 10.4. The summed E-state index contributed by atoms with van der Waals surface area (Å²) in [5, 5.41) is 0. The zero-order chi connectivity index (χ0) is 10.8. The van der Waals surface area contributed by atoms with E-state index in [1.54, 1.807) is 6.07 Å². The highest BCUT2D eigenvalue weighted by Crippen LogP contribution is 2.27. The van der Waals surface area contributed by atoms with Crippen LogP contribution in [0.5, 0.6) is 0 Å². The fraction of sp³-hybridized carbons (Fsp3) is 0.545. The molecule has 0 atom stereocenters. The lowest BCUT2D eigenvalue weighted by Crippen LogP contribution is -2.42. The normalized spacial score (nSPS) is 24.7. The summed E-state index contributed by atoms with van der Waals surface area (Å²) in [6, 6.07) is 3.52. The number of nitrogens with two attached hydrogens (primary N) is 1. The van der Waals surface area contributed by atoms with Gasteiger partial charge in [0.05, 0.1) is 6.20 Å². The SMILES string of the molecule is CN(CC1CC(N)C1)c1ccc(F)cn1. The molecule has 15 heavy (non-hydrogen) atoms. The molecular weight excluding hydrogens is 193 g/mol. The van der Waals surface area contributed by atoms with Gasteiger partial charge in [-0.05, 0) is 30.9 Å². The molecule has 2 N–H and O–H groups in total. The van der Waals surface area contributed by atoms with Gasteiger partial charge in [0.1, 0.15) is 11.6 Å². The van der Waals surface area contributed by atoms with Crippen LogP contribution in [-0.4, -0.2) is 24.6 Å². The summed E-state index contributed by atoms with van der Waals surface area (Å²) in [6.07, 6.45) is 3.43. The second-order valence-electron chi connectivity index (χ2n) is 4.31. The summed E-state index contributed by atoms with van der Waals surface area (Å²) < 4.78 is 12.6. The number of aromatic nitrogens is 1. The molecule has 0 spiro atoms. The molecule has 4 heteroatoms. The van der Waals surface area contributed by atoms with Crippen molar-refractivity contribution in [1.29, 1.82) is 0 Å². The lowest BCUT2D eigenvalue weighted by molar-refractivity contribution is 0.270. The van der Waals surface area contributed by atoms with Crippen molar-refractivity contribution >= 4 is 5.82 Å². The quantitative estimate of drug-likeness (QED) is 0.818. The van der Waals surface area contributed by atoms with Gasteiger partial charge in [0.25, 0.3) is 0 Å². The van der Waals surface area contributed by atoms with Gasteiger partial charge in [0.2, 0.25) is 0 Å². The van der Waals surface area contributed by atoms with Crippen LogP contribution < -0.4 is 10.6 Å². The van der Waals surface area contributed by atoms with Gasteiger partial charge in [-0.2, -0.15) is 0 Å². The average molecular weight is 209 g/mol. The van der Waals surface area contributed by atoms with E-state index in [0.29, 0.717) is 12.0 Å². The lowest BCUT2D eigenvalue weighted by atomic mass is 9.80. The Labute approximate surface area is 89.1 Å². The molecule has 0 aliphatic heterocycles. The molecule has 1 fully saturated rings. The first-order valence-electron chi connectivity index (χ1n) is 5.23. The van der Waals surface area contributed by atoms with Crippen molar-refractivity contribution in [2.45, 2.75) is 18.9 Å². The van der Waals surface area contributed by atoms with Gasteiger partial charge in [-0.25, -0.2) is 9.37 Å². The monoisotopic (exact) mass is 209 g/mol. The number of pyridine rings is 1. The zero-order valence-corrected chi connectivity index (χ0v) is 8.86. The Balaban J connectivity index is 1.90. The summed E-state index contributed by atoms with van der Waals surface area (Å²) in [5.41, 5.74) is 5.72. The van der Waals surface area contributed by atoms with Crippen molar-refractivity contribution in [3.8, 4) is 0 Å². The fourth-order valence-electron chi connectivity index (χ4n) is 2.01. The minimum Gasteiger partial charge on any atom is -0.359 e. The van der Waals surface area contributed by atoms with Crippen molar-refractivity contribution < 1.29 is 4.39 Å². The van der Waals surface area contributed by atoms with Gasteiger partial charge in [0, 0.05) is 19.6 Å². The third-order valence-electron chi connectivity index (χ3n) is 2.91. The smallest absolute Gasteiger partial charge is 0.141 e. The van der Waals surface area contributed by atoms with Crippen LogP contribution in [0.2, 0.25) is 0 Å². The Morgan fingerprint density at radius 2 is 2.27 bits per heavy atom. The first-order chi connectivity index (χ1) is 7.15. The summed E-state index contributed by atoms with van der Waals surface area (Å²) in [4.78, 5) is 6.08. The number of anilines is 1. The maximum Gasteiger partial charge on any atom is 0.141 e. The highest BCUT2D eigenvalue weighted by atomic mass is 19.1. The number of hydrogen-bond acceptors (Lipinski definition) is 3. The van der Waals surface area contributed by atoms with E-state index in [1.807, 2.05) is 7.05 Å². The number of rotatable bonds is 3. The maximum absolute atomic E-state index is 12.6. The van der Waals surface area contributed by atoms with Crippen molar-refractivity contribution in [2.24, 2.45) is 11.7 Å². The van der Waals surface area contributed by atoms with Crippen LogP contribution in [0.3, 0.4) is 0 Å². The van der Waals surface area contributed by atoms with Crippen LogP contribution in [0.15, 0.2) is 18.3 Å². The molecule has 0 bridgehead atoms. The molecule has 1 aliphatic rings. The minimum atomic E-state index is -0.294. The van der Waals surface area contributed by atoms with E-state index >= 15 is 0 Å². The predicted molar refractivity (Wildman–Crippen MR) is 58.2 cm³/mol. The molecule has 1 aromatic heterocycles. The van der Waals surface area contributed by atoms with E-state index in [0.717, 1.165) is 25.2 Å². The number of hydrogen-bond donors (Lipinski definition) is 1. The Bertz CT molecular complexity index is 319. The molecule has 3 nitrogen and oxygen atoms in total. The van der Waals surface area contributed by atoms with E-state index in [-0.39, 0.29) is 5.82 Å². The summed E-state index contributed by atoms with van der Waals surface area (Å²) in [7, 11) is 1.98. The molecular formula is C11H16FN3. The molecule has 0 unspecified atom stereocenters. The molecule has 0 amide bonds. The van der Waals surface area contributed by atoms with Crippen molar-refractivity contribution in [3.05, 3.63) is 24.1 Å². The molecule has 2 rings (SSSR count). The molecule has 1 aliphatic carbocycles. The van der Waals surface area contributed by atoms with Gasteiger partial charge < -0.3 is 10.6 Å². The highest BCUT2D eigenvalue weighted by molar-refractivity contribution is 5.36. The average Bonchev–Trinajstić information content (AvgIpc) is 2.16. The standard InChI is InChI=1S/C11H16FN3/c1-15(7-8-4-10(13)5-8)11-3-2-9(12)6-14-11/h2-3,6,8,10H,4-5,7,13H2,1H3. The highest BCUT2D eigenvalue weighted by Gasteiger charge is 2.26. The fourth-order valence-corrected chi connectivity index (χ4v) is 2.01. The summed E-state index contributed by atoms with van der Waals surface area (Å²) in [6.45, 7) is 0.951. The summed E-state index contributed by atoms with van der Waals surface area (Å²) >= 11 is 0. The Kier molecular flexibility index (Phi) is 2.86. The molecule has 0 radical (unpaired) electrons. The first-order valence-corrected chi connectivity index (χ1v) is 5.23. The van der Waals surface area contributed by atoms with Crippen LogP contribution >= 0.6 is 0 Å². The van der Waals surface area contributed by atoms with E-state index < -0.39 is 0 Å². The topological polar surface area (TPSA) is 42.1 Å². The second kappa shape index (κ2) is 4.14. The molecule has 82 valence electrons. The third-order valence-corrected chi connectivity index (χ3v) is 2.91. The van der Waals surface area contributed by atoms with Crippen LogP contribution in [0.25, 0.3) is 0 Å². The van der Waals surface area contributed by atoms with Gasteiger partial charge in [0.15, 0.2) is 0 Å². The van der Waals surface area contributed by atoms with E-state index in [2.05, 4.69) is 9.88 Å². The number of halogens is 1. The zero-order valence-electron chi connectivity index (χ0n) is 8.86. The number of nitrogens with zero attached hydrogens (tertiary/aromatic N) is 2. The van der Waals surface area contributed by atoms with E-state index in [9.17, 15) is 4.39 Å². The van der Waals surface area contributed by atoms with Crippen molar-refractivity contribution in [1.82, 2.24) is 4.98 Å². The van der Waals surface area contributed by atoms with Crippen LogP contribution in [0.1, 0.15) is 12.8 Å². The maximum atomic E-state index is 12.6. The predicted octanol–water partition coefficient (Wildman–Crippen LogP) is 1.39. The van der Waals surface area contributed by atoms with Crippen LogP contribution in [0, 0.1) is 11.7 Å². The molecule has 0 aromatic carbocycles. The van der Waals surface area contributed by atoms with Crippen molar-refractivity contribution in [3.63, 3.8) is 0 Å². The summed E-state index contributed by atoms with van der Waals surface area (Å²) in [5.74, 6) is 1.19. The van der Waals surface area contributed by atoms with Gasteiger partial charge in [-0.1, -0.05) is 0 Å². The lowest BCUT2D eigenvalue weighted by Gasteiger charge is -2.35. The molecule has 1 aromatic rings. The molecule has 0 saturated heterocycles. The molecule has 1 heterocycles.